The van der Waals surface area contributed by atoms with Gasteiger partial charge in [-0.15, -0.1) is 5.10 Å². The molecule has 0 unspecified atom stereocenters. The average Bonchev–Trinajstić information content (AvgIpc) is 2.79. The number of nitrogens with zero attached hydrogens (tertiary/aromatic N) is 5. The minimum Gasteiger partial charge on any atom is -0.404 e. The van der Waals surface area contributed by atoms with E-state index in [-0.39, 0.29) is 6.01 Å². The van der Waals surface area contributed by atoms with Crippen molar-refractivity contribution in [3.8, 4) is 11.9 Å². The van der Waals surface area contributed by atoms with E-state index in [1.54, 1.807) is 18.1 Å². The maximum absolute atomic E-state index is 5.63. The smallest absolute Gasteiger partial charge is 0.342 e. The lowest BCUT2D eigenvalue weighted by Gasteiger charge is -2.10. The molecule has 0 fully saturated rings. The molecule has 2 aromatic rings. The van der Waals surface area contributed by atoms with E-state index >= 15 is 0 Å². The summed E-state index contributed by atoms with van der Waals surface area (Å²) in [6.07, 6.45) is 3.37. The zero-order valence-corrected chi connectivity index (χ0v) is 11.6. The Bertz CT molecular complexity index is 565. The Morgan fingerprint density at radius 2 is 2.16 bits per heavy atom. The molecule has 0 saturated carbocycles. The molecule has 2 aromatic heterocycles. The lowest BCUT2D eigenvalue weighted by molar-refractivity contribution is 0.416. The molecule has 102 valence electrons. The first-order chi connectivity index (χ1) is 9.13. The molecule has 0 bridgehead atoms. The van der Waals surface area contributed by atoms with Gasteiger partial charge in [0, 0.05) is 20.5 Å². The predicted molar refractivity (Wildman–Crippen MR) is 71.4 cm³/mol. The molecule has 0 aliphatic heterocycles. The molecule has 0 spiro atoms. The molecule has 0 aliphatic rings. The molecular weight excluding hydrogens is 244 g/mol. The maximum Gasteiger partial charge on any atom is 0.342 e. The van der Waals surface area contributed by atoms with Crippen molar-refractivity contribution >= 4 is 5.82 Å². The summed E-state index contributed by atoms with van der Waals surface area (Å²) < 4.78 is 7.21. The van der Waals surface area contributed by atoms with Gasteiger partial charge < -0.3 is 10.1 Å². The minimum atomic E-state index is 0.286. The van der Waals surface area contributed by atoms with Crippen molar-refractivity contribution in [1.82, 2.24) is 24.7 Å². The van der Waals surface area contributed by atoms with Gasteiger partial charge in [0.25, 0.3) is 0 Å². The van der Waals surface area contributed by atoms with Crippen molar-refractivity contribution in [2.24, 2.45) is 7.05 Å². The molecule has 0 radical (unpaired) electrons. The lowest BCUT2D eigenvalue weighted by atomic mass is 10.3. The van der Waals surface area contributed by atoms with Crippen LogP contribution in [0.25, 0.3) is 0 Å². The van der Waals surface area contributed by atoms with Crippen molar-refractivity contribution in [3.63, 3.8) is 0 Å². The fourth-order valence-electron chi connectivity index (χ4n) is 1.67. The molecule has 0 amide bonds. The Kier molecular flexibility index (Phi) is 3.94. The minimum absolute atomic E-state index is 0.286. The van der Waals surface area contributed by atoms with E-state index < -0.39 is 0 Å². The van der Waals surface area contributed by atoms with Gasteiger partial charge in [-0.05, 0) is 13.3 Å². The van der Waals surface area contributed by atoms with Crippen molar-refractivity contribution < 1.29 is 4.74 Å². The zero-order chi connectivity index (χ0) is 13.8. The second-order valence-electron chi connectivity index (χ2n) is 4.22. The largest absolute Gasteiger partial charge is 0.404 e. The van der Waals surface area contributed by atoms with Gasteiger partial charge in [-0.3, -0.25) is 4.68 Å². The van der Waals surface area contributed by atoms with Crippen LogP contribution < -0.4 is 10.1 Å². The van der Waals surface area contributed by atoms with Crippen LogP contribution in [0.15, 0.2) is 6.33 Å². The van der Waals surface area contributed by atoms with Crippen LogP contribution in [0.4, 0.5) is 5.82 Å². The highest BCUT2D eigenvalue weighted by atomic mass is 16.5. The Labute approximate surface area is 112 Å². The summed E-state index contributed by atoms with van der Waals surface area (Å²) in [5.41, 5.74) is 0.842. The summed E-state index contributed by atoms with van der Waals surface area (Å²) in [5.74, 6) is 2.02. The molecular formula is C12H18N6O. The van der Waals surface area contributed by atoms with Crippen molar-refractivity contribution in [2.45, 2.75) is 26.7 Å². The van der Waals surface area contributed by atoms with E-state index in [4.69, 9.17) is 4.74 Å². The number of rotatable bonds is 5. The van der Waals surface area contributed by atoms with Crippen LogP contribution in [0.3, 0.4) is 0 Å². The molecule has 2 rings (SSSR count). The van der Waals surface area contributed by atoms with Crippen LogP contribution in [-0.2, 0) is 13.5 Å². The van der Waals surface area contributed by atoms with Crippen molar-refractivity contribution in [3.05, 3.63) is 17.7 Å². The second-order valence-corrected chi connectivity index (χ2v) is 4.22. The van der Waals surface area contributed by atoms with Gasteiger partial charge in [-0.25, -0.2) is 4.98 Å². The molecule has 2 heterocycles. The quantitative estimate of drug-likeness (QED) is 0.883. The number of aromatic nitrogens is 5. The first-order valence-electron chi connectivity index (χ1n) is 6.22. The van der Waals surface area contributed by atoms with Crippen LogP contribution >= 0.6 is 0 Å². The lowest BCUT2D eigenvalue weighted by Crippen LogP contribution is -2.05. The summed E-state index contributed by atoms with van der Waals surface area (Å²) in [6, 6.07) is 0.286. The summed E-state index contributed by atoms with van der Waals surface area (Å²) in [4.78, 5) is 12.9. The highest BCUT2D eigenvalue weighted by molar-refractivity contribution is 5.48. The number of anilines is 1. The normalized spacial score (nSPS) is 10.5. The van der Waals surface area contributed by atoms with E-state index in [1.807, 2.05) is 14.0 Å². The van der Waals surface area contributed by atoms with Crippen LogP contribution in [0, 0.1) is 6.92 Å². The summed E-state index contributed by atoms with van der Waals surface area (Å²) >= 11 is 0. The van der Waals surface area contributed by atoms with Crippen LogP contribution in [0.1, 0.15) is 24.7 Å². The molecule has 7 nitrogen and oxygen atoms in total. The van der Waals surface area contributed by atoms with Crippen molar-refractivity contribution in [1.29, 1.82) is 0 Å². The third kappa shape index (κ3) is 2.98. The SMILES string of the molecule is CCCc1nc(NC)c(C)c(Oc2ncn(C)n2)n1. The molecule has 7 heteroatoms. The van der Waals surface area contributed by atoms with Gasteiger partial charge in [-0.1, -0.05) is 6.92 Å². The predicted octanol–water partition coefficient (Wildman–Crippen LogP) is 1.70. The number of hydrogen-bond donors (Lipinski definition) is 1. The van der Waals surface area contributed by atoms with Crippen molar-refractivity contribution in [2.75, 3.05) is 12.4 Å². The Hall–Kier alpha value is -2.18. The fraction of sp³-hybridized carbons (Fsp3) is 0.500. The summed E-state index contributed by atoms with van der Waals surface area (Å²) in [6.45, 7) is 3.99. The first kappa shape index (κ1) is 13.3. The fourth-order valence-corrected chi connectivity index (χ4v) is 1.67. The Balaban J connectivity index is 2.34. The number of nitrogens with one attached hydrogen (secondary N) is 1. The summed E-state index contributed by atoms with van der Waals surface area (Å²) in [5, 5.41) is 7.13. The van der Waals surface area contributed by atoms with Gasteiger partial charge in [0.1, 0.15) is 18.0 Å². The Morgan fingerprint density at radius 1 is 1.37 bits per heavy atom. The van der Waals surface area contributed by atoms with Gasteiger partial charge in [-0.2, -0.15) is 9.97 Å². The third-order valence-corrected chi connectivity index (χ3v) is 2.62. The molecule has 0 aliphatic carbocycles. The monoisotopic (exact) mass is 262 g/mol. The molecule has 0 atom stereocenters. The Morgan fingerprint density at radius 3 is 2.74 bits per heavy atom. The highest BCUT2D eigenvalue weighted by Gasteiger charge is 2.13. The third-order valence-electron chi connectivity index (χ3n) is 2.62. The van der Waals surface area contributed by atoms with Crippen LogP contribution in [-0.4, -0.2) is 31.8 Å². The molecule has 19 heavy (non-hydrogen) atoms. The summed E-state index contributed by atoms with van der Waals surface area (Å²) in [7, 11) is 3.61. The highest BCUT2D eigenvalue weighted by Crippen LogP contribution is 2.25. The molecule has 0 aromatic carbocycles. The van der Waals surface area contributed by atoms with Gasteiger partial charge in [0.05, 0.1) is 5.56 Å². The zero-order valence-electron chi connectivity index (χ0n) is 11.6. The average molecular weight is 262 g/mol. The number of aryl methyl sites for hydroxylation is 2. The maximum atomic E-state index is 5.63. The van der Waals surface area contributed by atoms with Crippen LogP contribution in [0.5, 0.6) is 11.9 Å². The van der Waals surface area contributed by atoms with E-state index in [0.29, 0.717) is 5.88 Å². The molecule has 0 saturated heterocycles. The molecule has 1 N–H and O–H groups in total. The number of hydrogen-bond acceptors (Lipinski definition) is 6. The van der Waals surface area contributed by atoms with Gasteiger partial charge in [0.2, 0.25) is 5.88 Å². The van der Waals surface area contributed by atoms with E-state index in [9.17, 15) is 0 Å². The first-order valence-corrected chi connectivity index (χ1v) is 6.22. The van der Waals surface area contributed by atoms with E-state index in [1.165, 1.54) is 0 Å². The standard InChI is InChI=1S/C12H18N6O/c1-5-6-9-15-10(13-3)8(2)11(16-9)19-12-14-7-18(4)17-12/h7H,5-6H2,1-4H3,(H,13,15,16). The van der Waals surface area contributed by atoms with Gasteiger partial charge >= 0.3 is 6.01 Å². The van der Waals surface area contributed by atoms with Gasteiger partial charge in [0.15, 0.2) is 0 Å². The number of ether oxygens (including phenoxy) is 1. The topological polar surface area (TPSA) is 77.8 Å². The second kappa shape index (κ2) is 5.64. The van der Waals surface area contributed by atoms with Crippen LogP contribution in [0.2, 0.25) is 0 Å². The van der Waals surface area contributed by atoms with E-state index in [0.717, 1.165) is 30.0 Å². The van der Waals surface area contributed by atoms with E-state index in [2.05, 4.69) is 32.3 Å².